The standard InChI is InChI=1S/C23H28N2O5S/c1-30-22(26)13-4-2-3-7-15-24-23(27)19-10-8-11-20(17-19)31(28,29)25-16-14-18-9-5-6-12-21(18)25/h5-6,8-12,17H,2-4,7,13-16H2,1H3,(H,24,27). The van der Waals surface area contributed by atoms with Crippen molar-refractivity contribution in [3.63, 3.8) is 0 Å². The molecule has 0 saturated heterocycles. The molecule has 1 amide bonds. The van der Waals surface area contributed by atoms with Crippen LogP contribution in [0.25, 0.3) is 0 Å². The fourth-order valence-electron chi connectivity index (χ4n) is 3.64. The Labute approximate surface area is 183 Å². The van der Waals surface area contributed by atoms with Crippen LogP contribution in [0.2, 0.25) is 0 Å². The first kappa shape index (κ1) is 22.8. The van der Waals surface area contributed by atoms with Crippen LogP contribution in [0.1, 0.15) is 48.0 Å². The van der Waals surface area contributed by atoms with E-state index in [4.69, 9.17) is 0 Å². The number of fused-ring (bicyclic) bond motifs is 1. The fraction of sp³-hybridized carbons (Fsp3) is 0.391. The summed E-state index contributed by atoms with van der Waals surface area (Å²) in [7, 11) is -2.36. The van der Waals surface area contributed by atoms with E-state index in [1.807, 2.05) is 24.3 Å². The summed E-state index contributed by atoms with van der Waals surface area (Å²) in [5.74, 6) is -0.506. The number of benzene rings is 2. The minimum absolute atomic E-state index is 0.111. The molecule has 0 radical (unpaired) electrons. The van der Waals surface area contributed by atoms with Gasteiger partial charge in [0.15, 0.2) is 0 Å². The minimum atomic E-state index is -3.74. The van der Waals surface area contributed by atoms with E-state index in [0.717, 1.165) is 31.2 Å². The van der Waals surface area contributed by atoms with Gasteiger partial charge in [-0.25, -0.2) is 8.42 Å². The van der Waals surface area contributed by atoms with Gasteiger partial charge in [-0.3, -0.25) is 13.9 Å². The number of carbonyl (C=O) groups is 2. The number of nitrogens with one attached hydrogen (secondary N) is 1. The predicted octanol–water partition coefficient (Wildman–Crippen LogP) is 3.29. The molecule has 0 unspecified atom stereocenters. The van der Waals surface area contributed by atoms with Gasteiger partial charge in [0, 0.05) is 25.1 Å². The van der Waals surface area contributed by atoms with Crippen LogP contribution in [0, 0.1) is 0 Å². The monoisotopic (exact) mass is 444 g/mol. The molecule has 7 nitrogen and oxygen atoms in total. The third-order valence-corrected chi connectivity index (χ3v) is 7.16. The highest BCUT2D eigenvalue weighted by atomic mass is 32.2. The number of methoxy groups -OCH3 is 1. The lowest BCUT2D eigenvalue weighted by Crippen LogP contribution is -2.29. The van der Waals surface area contributed by atoms with Crippen LogP contribution in [-0.4, -0.2) is 40.5 Å². The van der Waals surface area contributed by atoms with Crippen molar-refractivity contribution >= 4 is 27.6 Å². The zero-order valence-corrected chi connectivity index (χ0v) is 18.5. The summed E-state index contributed by atoms with van der Waals surface area (Å²) in [4.78, 5) is 23.7. The second-order valence-corrected chi connectivity index (χ2v) is 9.34. The Morgan fingerprint density at radius 2 is 1.81 bits per heavy atom. The molecule has 0 spiro atoms. The zero-order chi connectivity index (χ0) is 22.3. The maximum absolute atomic E-state index is 13.2. The number of nitrogens with zero attached hydrogens (tertiary/aromatic N) is 1. The van der Waals surface area contributed by atoms with Crippen LogP contribution in [0.5, 0.6) is 0 Å². The minimum Gasteiger partial charge on any atom is -0.469 e. The van der Waals surface area contributed by atoms with Gasteiger partial charge in [-0.05, 0) is 49.1 Å². The van der Waals surface area contributed by atoms with Crippen molar-refractivity contribution in [2.45, 2.75) is 43.4 Å². The maximum atomic E-state index is 13.2. The zero-order valence-electron chi connectivity index (χ0n) is 17.7. The van der Waals surface area contributed by atoms with Gasteiger partial charge in [-0.1, -0.05) is 37.1 Å². The van der Waals surface area contributed by atoms with Gasteiger partial charge in [0.05, 0.1) is 17.7 Å². The highest BCUT2D eigenvalue weighted by Crippen LogP contribution is 2.32. The SMILES string of the molecule is COC(=O)CCCCCCNC(=O)c1cccc(S(=O)(=O)N2CCc3ccccc32)c1. The lowest BCUT2D eigenvalue weighted by atomic mass is 10.1. The van der Waals surface area contributed by atoms with Gasteiger partial charge < -0.3 is 10.1 Å². The molecule has 0 aromatic heterocycles. The van der Waals surface area contributed by atoms with E-state index in [1.165, 1.54) is 23.5 Å². The van der Waals surface area contributed by atoms with Gasteiger partial charge in [0.25, 0.3) is 15.9 Å². The number of ether oxygens (including phenoxy) is 1. The summed E-state index contributed by atoms with van der Waals surface area (Å²) in [6.45, 7) is 0.890. The van der Waals surface area contributed by atoms with Crippen LogP contribution >= 0.6 is 0 Å². The first-order valence-electron chi connectivity index (χ1n) is 10.5. The van der Waals surface area contributed by atoms with Crippen molar-refractivity contribution < 1.29 is 22.7 Å². The molecular formula is C23H28N2O5S. The van der Waals surface area contributed by atoms with E-state index in [1.54, 1.807) is 12.1 Å². The van der Waals surface area contributed by atoms with Crippen LogP contribution in [0.4, 0.5) is 5.69 Å². The number of anilines is 1. The summed E-state index contributed by atoms with van der Waals surface area (Å²) in [6, 6.07) is 13.6. The number of unbranched alkanes of at least 4 members (excludes halogenated alkanes) is 3. The molecule has 0 fully saturated rings. The second-order valence-electron chi connectivity index (χ2n) is 7.48. The topological polar surface area (TPSA) is 92.8 Å². The van der Waals surface area contributed by atoms with E-state index in [-0.39, 0.29) is 16.8 Å². The van der Waals surface area contributed by atoms with Gasteiger partial charge >= 0.3 is 5.97 Å². The maximum Gasteiger partial charge on any atom is 0.305 e. The van der Waals surface area contributed by atoms with Crippen molar-refractivity contribution in [3.8, 4) is 0 Å². The molecule has 166 valence electrons. The number of amides is 1. The van der Waals surface area contributed by atoms with E-state index >= 15 is 0 Å². The lowest BCUT2D eigenvalue weighted by Gasteiger charge is -2.20. The number of para-hydroxylation sites is 1. The van der Waals surface area contributed by atoms with Crippen molar-refractivity contribution in [1.82, 2.24) is 5.32 Å². The molecule has 1 aliphatic rings. The van der Waals surface area contributed by atoms with Crippen molar-refractivity contribution in [3.05, 3.63) is 59.7 Å². The van der Waals surface area contributed by atoms with Gasteiger partial charge in [0.1, 0.15) is 0 Å². The molecule has 8 heteroatoms. The highest BCUT2D eigenvalue weighted by Gasteiger charge is 2.30. The molecule has 0 atom stereocenters. The Balaban J connectivity index is 1.55. The van der Waals surface area contributed by atoms with Crippen molar-refractivity contribution in [1.29, 1.82) is 0 Å². The normalized spacial score (nSPS) is 13.0. The van der Waals surface area contributed by atoms with Crippen LogP contribution in [0.15, 0.2) is 53.4 Å². The summed E-state index contributed by atoms with van der Waals surface area (Å²) >= 11 is 0. The molecular weight excluding hydrogens is 416 g/mol. The first-order valence-corrected chi connectivity index (χ1v) is 11.9. The summed E-state index contributed by atoms with van der Waals surface area (Å²) in [5.41, 5.74) is 2.02. The van der Waals surface area contributed by atoms with Gasteiger partial charge in [-0.15, -0.1) is 0 Å². The third-order valence-electron chi connectivity index (χ3n) is 5.35. The fourth-order valence-corrected chi connectivity index (χ4v) is 5.19. The molecule has 0 bridgehead atoms. The lowest BCUT2D eigenvalue weighted by molar-refractivity contribution is -0.140. The quantitative estimate of drug-likeness (QED) is 0.448. The Hall–Kier alpha value is -2.87. The predicted molar refractivity (Wildman–Crippen MR) is 119 cm³/mol. The summed E-state index contributed by atoms with van der Waals surface area (Å²) < 4.78 is 32.3. The Morgan fingerprint density at radius 3 is 2.61 bits per heavy atom. The van der Waals surface area contributed by atoms with E-state index in [0.29, 0.717) is 37.2 Å². The number of hydrogen-bond donors (Lipinski definition) is 1. The number of sulfonamides is 1. The Bertz CT molecular complexity index is 1040. The Morgan fingerprint density at radius 1 is 1.03 bits per heavy atom. The molecule has 0 aliphatic carbocycles. The third kappa shape index (κ3) is 5.64. The average molecular weight is 445 g/mol. The van der Waals surface area contributed by atoms with Crippen LogP contribution in [0.3, 0.4) is 0 Å². The van der Waals surface area contributed by atoms with E-state index in [2.05, 4.69) is 10.1 Å². The summed E-state index contributed by atoms with van der Waals surface area (Å²) in [5, 5.41) is 2.83. The summed E-state index contributed by atoms with van der Waals surface area (Å²) in [6.07, 6.45) is 4.41. The van der Waals surface area contributed by atoms with Crippen LogP contribution in [-0.2, 0) is 26.0 Å². The largest absolute Gasteiger partial charge is 0.469 e. The second kappa shape index (κ2) is 10.4. The molecule has 1 N–H and O–H groups in total. The molecule has 1 heterocycles. The number of carbonyl (C=O) groups excluding carboxylic acids is 2. The molecule has 2 aromatic rings. The smallest absolute Gasteiger partial charge is 0.305 e. The van der Waals surface area contributed by atoms with Gasteiger partial charge in [0.2, 0.25) is 0 Å². The molecule has 31 heavy (non-hydrogen) atoms. The average Bonchev–Trinajstić information content (AvgIpc) is 3.23. The van der Waals surface area contributed by atoms with Gasteiger partial charge in [-0.2, -0.15) is 0 Å². The van der Waals surface area contributed by atoms with Crippen molar-refractivity contribution in [2.24, 2.45) is 0 Å². The van der Waals surface area contributed by atoms with E-state index in [9.17, 15) is 18.0 Å². The molecule has 0 saturated carbocycles. The van der Waals surface area contributed by atoms with E-state index < -0.39 is 10.0 Å². The van der Waals surface area contributed by atoms with Crippen LogP contribution < -0.4 is 9.62 Å². The number of hydrogen-bond acceptors (Lipinski definition) is 5. The molecule has 3 rings (SSSR count). The molecule has 2 aromatic carbocycles. The number of esters is 1. The first-order chi connectivity index (χ1) is 14.9. The highest BCUT2D eigenvalue weighted by molar-refractivity contribution is 7.92. The number of rotatable bonds is 10. The Kier molecular flexibility index (Phi) is 7.68. The molecule has 1 aliphatic heterocycles. The van der Waals surface area contributed by atoms with Crippen molar-refractivity contribution in [2.75, 3.05) is 24.5 Å².